The van der Waals surface area contributed by atoms with Gasteiger partial charge in [-0.2, -0.15) is 17.4 Å². The molecule has 0 bridgehead atoms. The predicted molar refractivity (Wildman–Crippen MR) is 153 cm³/mol. The van der Waals surface area contributed by atoms with E-state index < -0.39 is 16.3 Å². The SMILES string of the molecule is C[C@H]1CN([C@H]2C[C@@H](C(=O)Nc3ccccc3)N(C(=O)/C=C/c3cccc(Cl)c3-n3cnnn3)C2)CCN1S(N)(=O)=O. The summed E-state index contributed by atoms with van der Waals surface area (Å²) in [6.07, 6.45) is 4.84. The van der Waals surface area contributed by atoms with Crippen LogP contribution >= 0.6 is 11.6 Å². The summed E-state index contributed by atoms with van der Waals surface area (Å²) in [7, 11) is -3.82. The number of nitrogens with zero attached hydrogens (tertiary/aromatic N) is 7. The molecule has 216 valence electrons. The third-order valence-electron chi connectivity index (χ3n) is 7.35. The number of nitrogens with two attached hydrogens (primary N) is 1. The number of nitrogens with one attached hydrogen (secondary N) is 1. The zero-order chi connectivity index (χ0) is 29.1. The lowest BCUT2D eigenvalue weighted by Gasteiger charge is -2.40. The molecule has 1 aromatic heterocycles. The fourth-order valence-corrected chi connectivity index (χ4v) is 6.60. The van der Waals surface area contributed by atoms with Crippen LogP contribution in [0.1, 0.15) is 18.9 Å². The molecule has 0 aliphatic carbocycles. The van der Waals surface area contributed by atoms with Crippen molar-refractivity contribution in [1.82, 2.24) is 34.3 Å². The monoisotopic (exact) mass is 599 g/mol. The van der Waals surface area contributed by atoms with E-state index in [9.17, 15) is 18.0 Å². The number of carbonyl (C=O) groups excluding carboxylic acids is 2. The van der Waals surface area contributed by atoms with Gasteiger partial charge in [0, 0.05) is 55.6 Å². The molecule has 3 atom stereocenters. The first kappa shape index (κ1) is 28.8. The zero-order valence-corrected chi connectivity index (χ0v) is 23.8. The van der Waals surface area contributed by atoms with Gasteiger partial charge in [0.1, 0.15) is 12.4 Å². The number of hydrogen-bond acceptors (Lipinski definition) is 8. The topological polar surface area (TPSA) is 160 Å². The Hall–Kier alpha value is -3.69. The van der Waals surface area contributed by atoms with Crippen LogP contribution in [0.25, 0.3) is 11.8 Å². The second-order valence-electron chi connectivity index (χ2n) is 10.0. The molecule has 3 heterocycles. The Balaban J connectivity index is 1.38. The summed E-state index contributed by atoms with van der Waals surface area (Å²) in [5.74, 6) is -0.645. The van der Waals surface area contributed by atoms with Gasteiger partial charge in [0.25, 0.3) is 10.2 Å². The Morgan fingerprint density at radius 2 is 1.88 bits per heavy atom. The van der Waals surface area contributed by atoms with Crippen LogP contribution in [-0.2, 0) is 19.8 Å². The molecule has 5 rings (SSSR count). The highest BCUT2D eigenvalue weighted by Gasteiger charge is 2.43. The summed E-state index contributed by atoms with van der Waals surface area (Å²) < 4.78 is 26.6. The van der Waals surface area contributed by atoms with Crippen LogP contribution in [0.15, 0.2) is 60.9 Å². The Morgan fingerprint density at radius 3 is 2.56 bits per heavy atom. The maximum atomic E-state index is 13.6. The number of hydrogen-bond donors (Lipinski definition) is 2. The minimum atomic E-state index is -3.82. The number of piperazine rings is 1. The molecule has 2 fully saturated rings. The van der Waals surface area contributed by atoms with Crippen molar-refractivity contribution < 1.29 is 18.0 Å². The smallest absolute Gasteiger partial charge is 0.277 e. The summed E-state index contributed by atoms with van der Waals surface area (Å²) in [6, 6.07) is 13.1. The van der Waals surface area contributed by atoms with Crippen LogP contribution in [0.2, 0.25) is 5.02 Å². The number of aromatic nitrogens is 4. The van der Waals surface area contributed by atoms with Crippen LogP contribution in [0.3, 0.4) is 0 Å². The molecule has 2 amide bonds. The van der Waals surface area contributed by atoms with Gasteiger partial charge in [0.05, 0.1) is 10.7 Å². The lowest BCUT2D eigenvalue weighted by Crippen LogP contribution is -2.58. The summed E-state index contributed by atoms with van der Waals surface area (Å²) in [5, 5.41) is 19.9. The first-order chi connectivity index (χ1) is 19.6. The van der Waals surface area contributed by atoms with E-state index >= 15 is 0 Å². The van der Waals surface area contributed by atoms with E-state index in [1.165, 1.54) is 21.4 Å². The Kier molecular flexibility index (Phi) is 8.47. The Morgan fingerprint density at radius 1 is 1.10 bits per heavy atom. The number of likely N-dealkylation sites (tertiary alicyclic amines) is 1. The van der Waals surface area contributed by atoms with Crippen molar-refractivity contribution in [2.45, 2.75) is 31.5 Å². The van der Waals surface area contributed by atoms with Gasteiger partial charge in [0.2, 0.25) is 11.8 Å². The lowest BCUT2D eigenvalue weighted by molar-refractivity contribution is -0.132. The van der Waals surface area contributed by atoms with Gasteiger partial charge in [-0.1, -0.05) is 41.9 Å². The van der Waals surface area contributed by atoms with Gasteiger partial charge < -0.3 is 10.2 Å². The van der Waals surface area contributed by atoms with E-state index in [2.05, 4.69) is 25.7 Å². The molecule has 2 aliphatic rings. The molecule has 3 aromatic rings. The van der Waals surface area contributed by atoms with Gasteiger partial charge in [0.15, 0.2) is 0 Å². The summed E-state index contributed by atoms with van der Waals surface area (Å²) >= 11 is 6.41. The first-order valence-corrected chi connectivity index (χ1v) is 14.9. The third kappa shape index (κ3) is 6.47. The molecule has 2 aliphatic heterocycles. The first-order valence-electron chi connectivity index (χ1n) is 13.0. The van der Waals surface area contributed by atoms with Gasteiger partial charge >= 0.3 is 0 Å². The summed E-state index contributed by atoms with van der Waals surface area (Å²) in [4.78, 5) is 30.7. The van der Waals surface area contributed by atoms with E-state index in [1.54, 1.807) is 48.2 Å². The molecule has 0 radical (unpaired) electrons. The lowest BCUT2D eigenvalue weighted by atomic mass is 10.1. The normalized spacial score (nSPS) is 22.3. The average Bonchev–Trinajstić information content (AvgIpc) is 3.62. The van der Waals surface area contributed by atoms with Crippen LogP contribution < -0.4 is 10.5 Å². The number of anilines is 1. The second kappa shape index (κ2) is 12.0. The fraction of sp³-hybridized carbons (Fsp3) is 0.346. The van der Waals surface area contributed by atoms with E-state index in [0.29, 0.717) is 48.0 Å². The van der Waals surface area contributed by atoms with Gasteiger partial charge in [-0.3, -0.25) is 14.5 Å². The molecule has 0 unspecified atom stereocenters. The summed E-state index contributed by atoms with van der Waals surface area (Å²) in [5.41, 5.74) is 1.76. The quantitative estimate of drug-likeness (QED) is 0.383. The molecule has 15 heteroatoms. The van der Waals surface area contributed by atoms with E-state index in [0.717, 1.165) is 0 Å². The Bertz CT molecular complexity index is 1540. The van der Waals surface area contributed by atoms with Crippen molar-refractivity contribution >= 4 is 45.4 Å². The van der Waals surface area contributed by atoms with Gasteiger partial charge in [-0.15, -0.1) is 5.10 Å². The van der Waals surface area contributed by atoms with Crippen LogP contribution in [0, 0.1) is 0 Å². The number of benzene rings is 2. The number of halogens is 1. The highest BCUT2D eigenvalue weighted by atomic mass is 35.5. The molecule has 2 saturated heterocycles. The highest BCUT2D eigenvalue weighted by Crippen LogP contribution is 2.28. The van der Waals surface area contributed by atoms with Crippen molar-refractivity contribution in [3.63, 3.8) is 0 Å². The van der Waals surface area contributed by atoms with E-state index in [1.807, 2.05) is 18.2 Å². The van der Waals surface area contributed by atoms with Crippen LogP contribution in [-0.4, -0.2) is 98.8 Å². The second-order valence-corrected chi connectivity index (χ2v) is 11.9. The minimum Gasteiger partial charge on any atom is -0.325 e. The van der Waals surface area contributed by atoms with Crippen molar-refractivity contribution in [1.29, 1.82) is 0 Å². The van der Waals surface area contributed by atoms with Gasteiger partial charge in [-0.25, -0.2) is 5.14 Å². The summed E-state index contributed by atoms with van der Waals surface area (Å²) in [6.45, 7) is 3.20. The Labute approximate surface area is 242 Å². The molecule has 13 nitrogen and oxygen atoms in total. The van der Waals surface area contributed by atoms with Crippen molar-refractivity contribution in [3.8, 4) is 5.69 Å². The standard InChI is InChI=1S/C26H30ClN9O4S/c1-18-15-33(12-13-36(18)41(28,39)40)21-14-23(26(38)30-20-7-3-2-4-8-20)34(16-21)24(37)11-10-19-6-5-9-22(27)25(19)35-17-29-31-32-35/h2-11,17-18,21,23H,12-16H2,1H3,(H,30,38)(H2,28,39,40)/b11-10+/t18-,21-,23-/m0/s1. The number of para-hydroxylation sites is 2. The van der Waals surface area contributed by atoms with E-state index in [-0.39, 0.29) is 30.4 Å². The molecule has 0 spiro atoms. The van der Waals surface area contributed by atoms with Crippen LogP contribution in [0.4, 0.5) is 5.69 Å². The average molecular weight is 600 g/mol. The van der Waals surface area contributed by atoms with Crippen LogP contribution in [0.5, 0.6) is 0 Å². The number of carbonyl (C=O) groups is 2. The molecule has 2 aromatic carbocycles. The maximum Gasteiger partial charge on any atom is 0.277 e. The van der Waals surface area contributed by atoms with Crippen molar-refractivity contribution in [2.75, 3.05) is 31.5 Å². The number of rotatable bonds is 7. The van der Waals surface area contributed by atoms with Crippen molar-refractivity contribution in [2.24, 2.45) is 5.14 Å². The molecular formula is C26H30ClN9O4S. The molecule has 0 saturated carbocycles. The largest absolute Gasteiger partial charge is 0.325 e. The molecule has 41 heavy (non-hydrogen) atoms. The molecular weight excluding hydrogens is 570 g/mol. The molecule has 3 N–H and O–H groups in total. The predicted octanol–water partition coefficient (Wildman–Crippen LogP) is 1.15. The highest BCUT2D eigenvalue weighted by molar-refractivity contribution is 7.86. The third-order valence-corrected chi connectivity index (χ3v) is 8.85. The van der Waals surface area contributed by atoms with E-state index in [4.69, 9.17) is 16.7 Å². The number of amides is 2. The van der Waals surface area contributed by atoms with Crippen molar-refractivity contribution in [3.05, 3.63) is 71.5 Å². The van der Waals surface area contributed by atoms with Gasteiger partial charge in [-0.05, 0) is 48.0 Å². The zero-order valence-electron chi connectivity index (χ0n) is 22.2. The maximum absolute atomic E-state index is 13.6. The number of tetrazole rings is 1. The minimum absolute atomic E-state index is 0.146. The fourth-order valence-electron chi connectivity index (χ4n) is 5.43.